The first kappa shape index (κ1) is 15.8. The highest BCUT2D eigenvalue weighted by Crippen LogP contribution is 2.30. The zero-order valence-corrected chi connectivity index (χ0v) is 11.9. The number of hydrogen-bond donors (Lipinski definition) is 1. The minimum atomic E-state index is -0.304. The van der Waals surface area contributed by atoms with E-state index in [1.54, 1.807) is 25.1 Å². The van der Waals surface area contributed by atoms with E-state index in [9.17, 15) is 9.59 Å². The molecule has 0 spiro atoms. The Labute approximate surface area is 118 Å². The fourth-order valence-corrected chi connectivity index (χ4v) is 1.55. The Morgan fingerprint density at radius 2 is 2.00 bits per heavy atom. The maximum absolute atomic E-state index is 11.2. The average Bonchev–Trinajstić information content (AvgIpc) is 2.39. The predicted octanol–water partition coefficient (Wildman–Crippen LogP) is 1.99. The molecule has 1 amide bonds. The van der Waals surface area contributed by atoms with Crippen molar-refractivity contribution in [1.82, 2.24) is 0 Å². The van der Waals surface area contributed by atoms with Gasteiger partial charge in [0.1, 0.15) is 0 Å². The van der Waals surface area contributed by atoms with E-state index in [2.05, 4.69) is 5.32 Å². The lowest BCUT2D eigenvalue weighted by atomic mass is 10.2. The number of esters is 1. The van der Waals surface area contributed by atoms with Crippen LogP contribution in [0.5, 0.6) is 11.5 Å². The van der Waals surface area contributed by atoms with Crippen LogP contribution < -0.4 is 14.8 Å². The van der Waals surface area contributed by atoms with Gasteiger partial charge in [0.25, 0.3) is 0 Å². The summed E-state index contributed by atoms with van der Waals surface area (Å²) in [5, 5.41) is 2.65. The second kappa shape index (κ2) is 8.04. The summed E-state index contributed by atoms with van der Waals surface area (Å²) in [6.07, 6.45) is 0.171. The standard InChI is InChI=1S/C14H19NO5/c1-4-19-14(17)7-8-20-12-6-5-11(15-10(2)16)9-13(12)18-3/h5-6,9H,4,7-8H2,1-3H3,(H,15,16). The van der Waals surface area contributed by atoms with Gasteiger partial charge in [-0.1, -0.05) is 0 Å². The molecule has 6 nitrogen and oxygen atoms in total. The Balaban J connectivity index is 2.61. The molecule has 0 aromatic heterocycles. The molecule has 0 atom stereocenters. The van der Waals surface area contributed by atoms with E-state index in [4.69, 9.17) is 14.2 Å². The number of carbonyl (C=O) groups excluding carboxylic acids is 2. The fraction of sp³-hybridized carbons (Fsp3) is 0.429. The summed E-state index contributed by atoms with van der Waals surface area (Å²) in [5.74, 6) is 0.523. The molecule has 0 unspecified atom stereocenters. The van der Waals surface area contributed by atoms with Crippen molar-refractivity contribution >= 4 is 17.6 Å². The number of rotatable bonds is 7. The lowest BCUT2D eigenvalue weighted by molar-refractivity contribution is -0.143. The summed E-state index contributed by atoms with van der Waals surface area (Å²) >= 11 is 0. The van der Waals surface area contributed by atoms with Crippen LogP contribution in [-0.2, 0) is 14.3 Å². The first-order valence-corrected chi connectivity index (χ1v) is 6.30. The lowest BCUT2D eigenvalue weighted by Gasteiger charge is -2.12. The first-order valence-electron chi connectivity index (χ1n) is 6.30. The van der Waals surface area contributed by atoms with Gasteiger partial charge in [0.2, 0.25) is 5.91 Å². The van der Waals surface area contributed by atoms with Crippen LogP contribution in [0.4, 0.5) is 5.69 Å². The number of anilines is 1. The normalized spacial score (nSPS) is 9.75. The largest absolute Gasteiger partial charge is 0.493 e. The summed E-state index contributed by atoms with van der Waals surface area (Å²) < 4.78 is 15.4. The van der Waals surface area contributed by atoms with Crippen LogP contribution in [0.25, 0.3) is 0 Å². The van der Waals surface area contributed by atoms with Crippen LogP contribution in [-0.4, -0.2) is 32.2 Å². The Hall–Kier alpha value is -2.24. The summed E-state index contributed by atoms with van der Waals surface area (Å²) in [7, 11) is 1.51. The molecule has 0 radical (unpaired) electrons. The quantitative estimate of drug-likeness (QED) is 0.774. The molecule has 1 rings (SSSR count). The molecule has 1 N–H and O–H groups in total. The van der Waals surface area contributed by atoms with E-state index in [0.29, 0.717) is 23.8 Å². The monoisotopic (exact) mass is 281 g/mol. The van der Waals surface area contributed by atoms with Gasteiger partial charge in [-0.05, 0) is 19.1 Å². The van der Waals surface area contributed by atoms with Crippen molar-refractivity contribution in [2.24, 2.45) is 0 Å². The molecular formula is C14H19NO5. The molecule has 0 aliphatic carbocycles. The summed E-state index contributed by atoms with van der Waals surface area (Å²) in [5.41, 5.74) is 0.618. The molecule has 0 aliphatic rings. The van der Waals surface area contributed by atoms with Gasteiger partial charge in [-0.2, -0.15) is 0 Å². The van der Waals surface area contributed by atoms with Crippen LogP contribution in [0.15, 0.2) is 18.2 Å². The molecule has 0 saturated heterocycles. The predicted molar refractivity (Wildman–Crippen MR) is 74.0 cm³/mol. The summed E-state index contributed by atoms with van der Waals surface area (Å²) in [6, 6.07) is 5.03. The molecule has 6 heteroatoms. The van der Waals surface area contributed by atoms with Gasteiger partial charge in [0, 0.05) is 18.7 Å². The molecule has 1 aromatic rings. The van der Waals surface area contributed by atoms with Gasteiger partial charge in [-0.25, -0.2) is 0 Å². The third-order valence-electron chi connectivity index (χ3n) is 2.35. The third-order valence-corrected chi connectivity index (χ3v) is 2.35. The van der Waals surface area contributed by atoms with Crippen molar-refractivity contribution in [2.75, 3.05) is 25.6 Å². The molecule has 0 bridgehead atoms. The summed E-state index contributed by atoms with van der Waals surface area (Å²) in [6.45, 7) is 3.74. The molecule has 20 heavy (non-hydrogen) atoms. The van der Waals surface area contributed by atoms with E-state index in [0.717, 1.165) is 0 Å². The lowest BCUT2D eigenvalue weighted by Crippen LogP contribution is -2.10. The Morgan fingerprint density at radius 1 is 1.25 bits per heavy atom. The molecule has 0 fully saturated rings. The van der Waals surface area contributed by atoms with Gasteiger partial charge in [0.15, 0.2) is 11.5 Å². The number of hydrogen-bond acceptors (Lipinski definition) is 5. The van der Waals surface area contributed by atoms with E-state index >= 15 is 0 Å². The van der Waals surface area contributed by atoms with Crippen LogP contribution in [0, 0.1) is 0 Å². The Kier molecular flexibility index (Phi) is 6.36. The van der Waals surface area contributed by atoms with Crippen molar-refractivity contribution in [2.45, 2.75) is 20.3 Å². The minimum absolute atomic E-state index is 0.164. The first-order chi connectivity index (χ1) is 9.56. The number of benzene rings is 1. The van der Waals surface area contributed by atoms with Crippen LogP contribution >= 0.6 is 0 Å². The van der Waals surface area contributed by atoms with E-state index in [-0.39, 0.29) is 24.9 Å². The van der Waals surface area contributed by atoms with Gasteiger partial charge in [-0.3, -0.25) is 9.59 Å². The number of amides is 1. The van der Waals surface area contributed by atoms with E-state index in [1.165, 1.54) is 14.0 Å². The van der Waals surface area contributed by atoms with Gasteiger partial charge in [0.05, 0.1) is 26.7 Å². The molecule has 0 aliphatic heterocycles. The molecule has 110 valence electrons. The van der Waals surface area contributed by atoms with Gasteiger partial charge in [-0.15, -0.1) is 0 Å². The highest BCUT2D eigenvalue weighted by molar-refractivity contribution is 5.89. The number of nitrogens with one attached hydrogen (secondary N) is 1. The number of methoxy groups -OCH3 is 1. The van der Waals surface area contributed by atoms with Crippen molar-refractivity contribution in [1.29, 1.82) is 0 Å². The fourth-order valence-electron chi connectivity index (χ4n) is 1.55. The third kappa shape index (κ3) is 5.17. The SMILES string of the molecule is CCOC(=O)CCOc1ccc(NC(C)=O)cc1OC. The van der Waals surface area contributed by atoms with Gasteiger partial charge >= 0.3 is 5.97 Å². The van der Waals surface area contributed by atoms with Crippen molar-refractivity contribution in [3.05, 3.63) is 18.2 Å². The maximum Gasteiger partial charge on any atom is 0.309 e. The van der Waals surface area contributed by atoms with Crippen molar-refractivity contribution in [3.63, 3.8) is 0 Å². The molecular weight excluding hydrogens is 262 g/mol. The topological polar surface area (TPSA) is 73.9 Å². The number of ether oxygens (including phenoxy) is 3. The van der Waals surface area contributed by atoms with Crippen molar-refractivity contribution in [3.8, 4) is 11.5 Å². The maximum atomic E-state index is 11.2. The zero-order valence-electron chi connectivity index (χ0n) is 11.9. The van der Waals surface area contributed by atoms with Crippen LogP contribution in [0.2, 0.25) is 0 Å². The van der Waals surface area contributed by atoms with E-state index in [1.807, 2.05) is 0 Å². The summed E-state index contributed by atoms with van der Waals surface area (Å²) in [4.78, 5) is 22.2. The second-order valence-corrected chi connectivity index (χ2v) is 3.95. The van der Waals surface area contributed by atoms with Crippen molar-refractivity contribution < 1.29 is 23.8 Å². The average molecular weight is 281 g/mol. The van der Waals surface area contributed by atoms with Gasteiger partial charge < -0.3 is 19.5 Å². The molecule has 0 saturated carbocycles. The second-order valence-electron chi connectivity index (χ2n) is 3.95. The smallest absolute Gasteiger partial charge is 0.309 e. The zero-order chi connectivity index (χ0) is 15.0. The van der Waals surface area contributed by atoms with Crippen LogP contribution in [0.3, 0.4) is 0 Å². The Bertz CT molecular complexity index is 473. The molecule has 1 aromatic carbocycles. The highest BCUT2D eigenvalue weighted by atomic mass is 16.5. The van der Waals surface area contributed by atoms with E-state index < -0.39 is 0 Å². The highest BCUT2D eigenvalue weighted by Gasteiger charge is 2.08. The minimum Gasteiger partial charge on any atom is -0.493 e. The number of carbonyl (C=O) groups is 2. The Morgan fingerprint density at radius 3 is 2.60 bits per heavy atom. The molecule has 0 heterocycles. The van der Waals surface area contributed by atoms with Crippen LogP contribution in [0.1, 0.15) is 20.3 Å².